The number of hydrogen-bond donors (Lipinski definition) is 2. The third-order valence-corrected chi connectivity index (χ3v) is 3.92. The van der Waals surface area contributed by atoms with Gasteiger partial charge in [-0.25, -0.2) is 4.98 Å². The zero-order chi connectivity index (χ0) is 18.2. The molecule has 1 aromatic carbocycles. The molecule has 3 aromatic rings. The van der Waals surface area contributed by atoms with E-state index in [4.69, 9.17) is 9.15 Å². The molecule has 0 aliphatic carbocycles. The first-order chi connectivity index (χ1) is 12.8. The molecule has 0 bridgehead atoms. The van der Waals surface area contributed by atoms with Gasteiger partial charge >= 0.3 is 0 Å². The quantitative estimate of drug-likeness (QED) is 0.651. The molecule has 2 N–H and O–H groups in total. The van der Waals surface area contributed by atoms with E-state index in [-0.39, 0.29) is 5.91 Å². The van der Waals surface area contributed by atoms with Gasteiger partial charge in [-0.3, -0.25) is 4.79 Å². The molecular formula is C20H21N3O3. The monoisotopic (exact) mass is 351 g/mol. The first-order valence-corrected chi connectivity index (χ1v) is 8.38. The SMILES string of the molecule is COc1ccccc1CCNC(=O)c1ccc(NCc2ccco2)cn1. The van der Waals surface area contributed by atoms with Crippen molar-refractivity contribution in [3.63, 3.8) is 0 Å². The first kappa shape index (κ1) is 17.5. The molecule has 0 radical (unpaired) electrons. The average Bonchev–Trinajstić information content (AvgIpc) is 3.20. The van der Waals surface area contributed by atoms with Crippen LogP contribution in [0.3, 0.4) is 0 Å². The number of carbonyl (C=O) groups is 1. The molecule has 0 fully saturated rings. The molecule has 0 unspecified atom stereocenters. The van der Waals surface area contributed by atoms with Gasteiger partial charge in [0.25, 0.3) is 5.91 Å². The normalized spacial score (nSPS) is 10.3. The molecule has 6 heteroatoms. The van der Waals surface area contributed by atoms with E-state index in [1.807, 2.05) is 42.5 Å². The smallest absolute Gasteiger partial charge is 0.269 e. The van der Waals surface area contributed by atoms with Gasteiger partial charge < -0.3 is 19.8 Å². The van der Waals surface area contributed by atoms with Crippen LogP contribution in [-0.4, -0.2) is 24.5 Å². The molecule has 1 amide bonds. The Morgan fingerprint density at radius 2 is 2.04 bits per heavy atom. The lowest BCUT2D eigenvalue weighted by atomic mass is 10.1. The molecule has 0 aliphatic rings. The number of aromatic nitrogens is 1. The summed E-state index contributed by atoms with van der Waals surface area (Å²) in [6, 6.07) is 15.0. The maximum Gasteiger partial charge on any atom is 0.269 e. The van der Waals surface area contributed by atoms with Gasteiger partial charge in [0.2, 0.25) is 0 Å². The van der Waals surface area contributed by atoms with Crippen LogP contribution >= 0.6 is 0 Å². The van der Waals surface area contributed by atoms with E-state index >= 15 is 0 Å². The molecule has 0 saturated heterocycles. The summed E-state index contributed by atoms with van der Waals surface area (Å²) in [6.07, 6.45) is 3.96. The number of nitrogens with zero attached hydrogens (tertiary/aromatic N) is 1. The van der Waals surface area contributed by atoms with Gasteiger partial charge in [0, 0.05) is 6.54 Å². The van der Waals surface area contributed by atoms with Crippen molar-refractivity contribution in [3.8, 4) is 5.75 Å². The zero-order valence-electron chi connectivity index (χ0n) is 14.6. The van der Waals surface area contributed by atoms with Crippen LogP contribution in [0.4, 0.5) is 5.69 Å². The molecule has 0 aliphatic heterocycles. The van der Waals surface area contributed by atoms with Crippen molar-refractivity contribution in [2.24, 2.45) is 0 Å². The maximum absolute atomic E-state index is 12.2. The highest BCUT2D eigenvalue weighted by molar-refractivity contribution is 5.92. The van der Waals surface area contributed by atoms with Crippen molar-refractivity contribution >= 4 is 11.6 Å². The van der Waals surface area contributed by atoms with E-state index in [1.165, 1.54) is 0 Å². The standard InChI is InChI=1S/C20H21N3O3/c1-25-19-7-3-2-5-15(19)10-11-21-20(24)18-9-8-16(13-23-18)22-14-17-6-4-12-26-17/h2-9,12-13,22H,10-11,14H2,1H3,(H,21,24). The number of carbonyl (C=O) groups excluding carboxylic acids is 1. The highest BCUT2D eigenvalue weighted by atomic mass is 16.5. The van der Waals surface area contributed by atoms with Crippen molar-refractivity contribution in [3.05, 3.63) is 78.0 Å². The predicted molar refractivity (Wildman–Crippen MR) is 99.3 cm³/mol. The van der Waals surface area contributed by atoms with Crippen molar-refractivity contribution in [2.75, 3.05) is 19.0 Å². The molecule has 0 saturated carbocycles. The fourth-order valence-electron chi connectivity index (χ4n) is 2.55. The number of ether oxygens (including phenoxy) is 1. The van der Waals surface area contributed by atoms with Crippen LogP contribution in [0.25, 0.3) is 0 Å². The average molecular weight is 351 g/mol. The van der Waals surface area contributed by atoms with Crippen LogP contribution in [0.15, 0.2) is 65.4 Å². The van der Waals surface area contributed by atoms with E-state index < -0.39 is 0 Å². The number of anilines is 1. The minimum absolute atomic E-state index is 0.197. The Morgan fingerprint density at radius 3 is 2.77 bits per heavy atom. The number of para-hydroxylation sites is 1. The van der Waals surface area contributed by atoms with Crippen LogP contribution in [-0.2, 0) is 13.0 Å². The largest absolute Gasteiger partial charge is 0.496 e. The molecule has 3 rings (SSSR count). The molecule has 0 atom stereocenters. The summed E-state index contributed by atoms with van der Waals surface area (Å²) < 4.78 is 10.6. The summed E-state index contributed by atoms with van der Waals surface area (Å²) in [5.74, 6) is 1.47. The third-order valence-electron chi connectivity index (χ3n) is 3.92. The number of methoxy groups -OCH3 is 1. The Bertz CT molecular complexity index is 830. The molecule has 0 spiro atoms. The number of rotatable bonds is 8. The maximum atomic E-state index is 12.2. The van der Waals surface area contributed by atoms with Crippen LogP contribution in [0.2, 0.25) is 0 Å². The fourth-order valence-corrected chi connectivity index (χ4v) is 2.55. The number of amides is 1. The van der Waals surface area contributed by atoms with Crippen LogP contribution in [0, 0.1) is 0 Å². The molecule has 6 nitrogen and oxygen atoms in total. The summed E-state index contributed by atoms with van der Waals surface area (Å²) in [7, 11) is 1.64. The number of pyridine rings is 1. The lowest BCUT2D eigenvalue weighted by Crippen LogP contribution is -2.26. The van der Waals surface area contributed by atoms with E-state index in [1.54, 1.807) is 25.6 Å². The summed E-state index contributed by atoms with van der Waals surface area (Å²) in [5.41, 5.74) is 2.27. The Morgan fingerprint density at radius 1 is 1.15 bits per heavy atom. The molecule has 134 valence electrons. The second-order valence-electron chi connectivity index (χ2n) is 5.68. The van der Waals surface area contributed by atoms with E-state index in [2.05, 4.69) is 15.6 Å². The second-order valence-corrected chi connectivity index (χ2v) is 5.68. The van der Waals surface area contributed by atoms with Crippen LogP contribution in [0.5, 0.6) is 5.75 Å². The summed E-state index contributed by atoms with van der Waals surface area (Å²) in [5, 5.41) is 6.07. The number of nitrogens with one attached hydrogen (secondary N) is 2. The Kier molecular flexibility index (Phi) is 5.88. The Balaban J connectivity index is 1.48. The van der Waals surface area contributed by atoms with Gasteiger partial charge in [-0.1, -0.05) is 18.2 Å². The Hall–Kier alpha value is -3.28. The van der Waals surface area contributed by atoms with Gasteiger partial charge in [0.05, 0.1) is 31.8 Å². The van der Waals surface area contributed by atoms with Crippen molar-refractivity contribution in [2.45, 2.75) is 13.0 Å². The minimum Gasteiger partial charge on any atom is -0.496 e. The molecule has 2 heterocycles. The third kappa shape index (κ3) is 4.63. The summed E-state index contributed by atoms with van der Waals surface area (Å²) in [4.78, 5) is 16.4. The summed E-state index contributed by atoms with van der Waals surface area (Å²) >= 11 is 0. The van der Waals surface area contributed by atoms with E-state index in [0.29, 0.717) is 25.2 Å². The highest BCUT2D eigenvalue weighted by Crippen LogP contribution is 2.17. The minimum atomic E-state index is -0.197. The number of hydrogen-bond acceptors (Lipinski definition) is 5. The zero-order valence-corrected chi connectivity index (χ0v) is 14.6. The van der Waals surface area contributed by atoms with Crippen molar-refractivity contribution < 1.29 is 13.9 Å². The van der Waals surface area contributed by atoms with Gasteiger partial charge in [0.15, 0.2) is 0 Å². The van der Waals surface area contributed by atoms with Crippen LogP contribution in [0.1, 0.15) is 21.8 Å². The van der Waals surface area contributed by atoms with Gasteiger partial charge in [0.1, 0.15) is 17.2 Å². The summed E-state index contributed by atoms with van der Waals surface area (Å²) in [6.45, 7) is 1.08. The van der Waals surface area contributed by atoms with E-state index in [9.17, 15) is 4.79 Å². The second kappa shape index (κ2) is 8.71. The van der Waals surface area contributed by atoms with Crippen molar-refractivity contribution in [1.82, 2.24) is 10.3 Å². The molecular weight excluding hydrogens is 330 g/mol. The van der Waals surface area contributed by atoms with Gasteiger partial charge in [-0.2, -0.15) is 0 Å². The fraction of sp³-hybridized carbons (Fsp3) is 0.200. The predicted octanol–water partition coefficient (Wildman–Crippen LogP) is 3.27. The lowest BCUT2D eigenvalue weighted by Gasteiger charge is -2.09. The van der Waals surface area contributed by atoms with Gasteiger partial charge in [-0.05, 0) is 42.3 Å². The highest BCUT2D eigenvalue weighted by Gasteiger charge is 2.08. The van der Waals surface area contributed by atoms with Gasteiger partial charge in [-0.15, -0.1) is 0 Å². The number of furan rings is 1. The Labute approximate surface area is 152 Å². The van der Waals surface area contributed by atoms with Crippen molar-refractivity contribution in [1.29, 1.82) is 0 Å². The molecule has 2 aromatic heterocycles. The lowest BCUT2D eigenvalue weighted by molar-refractivity contribution is 0.0949. The molecule has 26 heavy (non-hydrogen) atoms. The number of benzene rings is 1. The van der Waals surface area contributed by atoms with Crippen LogP contribution < -0.4 is 15.4 Å². The first-order valence-electron chi connectivity index (χ1n) is 8.38. The van der Waals surface area contributed by atoms with E-state index in [0.717, 1.165) is 22.8 Å². The topological polar surface area (TPSA) is 76.4 Å².